The molecule has 3 rings (SSSR count). The number of rotatable bonds is 4. The predicted molar refractivity (Wildman–Crippen MR) is 110 cm³/mol. The Morgan fingerprint density at radius 2 is 1.93 bits per heavy atom. The maximum absolute atomic E-state index is 13.1. The summed E-state index contributed by atoms with van der Waals surface area (Å²) < 4.78 is 10.2. The molecule has 0 aromatic rings. The summed E-state index contributed by atoms with van der Waals surface area (Å²) in [7, 11) is 1.32. The van der Waals surface area contributed by atoms with Crippen LogP contribution in [0.4, 0.5) is 0 Å². The van der Waals surface area contributed by atoms with Crippen LogP contribution in [0.15, 0.2) is 35.3 Å². The van der Waals surface area contributed by atoms with E-state index in [1.165, 1.54) is 25.7 Å². The quantitative estimate of drug-likeness (QED) is 0.389. The highest BCUT2D eigenvalue weighted by atomic mass is 16.6. The lowest BCUT2D eigenvalue weighted by Crippen LogP contribution is -2.50. The van der Waals surface area contributed by atoms with Crippen LogP contribution < -0.4 is 0 Å². The maximum atomic E-state index is 13.1. The highest BCUT2D eigenvalue weighted by molar-refractivity contribution is 6.21. The van der Waals surface area contributed by atoms with E-state index >= 15 is 0 Å². The van der Waals surface area contributed by atoms with Gasteiger partial charge in [0, 0.05) is 12.5 Å². The summed E-state index contributed by atoms with van der Waals surface area (Å²) in [6, 6.07) is 0. The first kappa shape index (κ1) is 21.5. The Hall–Kier alpha value is -2.17. The van der Waals surface area contributed by atoms with Gasteiger partial charge in [0.1, 0.15) is 0 Å². The van der Waals surface area contributed by atoms with Gasteiger partial charge in [-0.15, -0.1) is 0 Å². The fourth-order valence-electron chi connectivity index (χ4n) is 5.88. The van der Waals surface area contributed by atoms with Crippen molar-refractivity contribution in [1.29, 1.82) is 0 Å². The van der Waals surface area contributed by atoms with E-state index in [1.807, 2.05) is 0 Å². The van der Waals surface area contributed by atoms with Gasteiger partial charge in [0.2, 0.25) is 23.1 Å². The summed E-state index contributed by atoms with van der Waals surface area (Å²) >= 11 is 0. The molecule has 158 valence electrons. The fourth-order valence-corrected chi connectivity index (χ4v) is 5.88. The van der Waals surface area contributed by atoms with Crippen LogP contribution in [-0.2, 0) is 23.9 Å². The van der Waals surface area contributed by atoms with Gasteiger partial charge < -0.3 is 9.47 Å². The van der Waals surface area contributed by atoms with Gasteiger partial charge in [-0.05, 0) is 67.3 Å². The van der Waals surface area contributed by atoms with Crippen molar-refractivity contribution in [2.45, 2.75) is 66.2 Å². The molecule has 0 amide bonds. The highest BCUT2D eigenvalue weighted by Crippen LogP contribution is 2.63. The number of hydrogen-bond donors (Lipinski definition) is 0. The molecule has 0 spiro atoms. The number of fused-ring (bicyclic) bond motifs is 1. The molecule has 5 heteroatoms. The van der Waals surface area contributed by atoms with Crippen molar-refractivity contribution in [3.8, 4) is 0 Å². The number of methoxy groups -OCH3 is 1. The lowest BCUT2D eigenvalue weighted by atomic mass is 9.46. The van der Waals surface area contributed by atoms with Crippen LogP contribution in [0.2, 0.25) is 0 Å². The minimum Gasteiger partial charge on any atom is -0.489 e. The van der Waals surface area contributed by atoms with E-state index in [1.54, 1.807) is 0 Å². The first-order valence-corrected chi connectivity index (χ1v) is 10.5. The lowest BCUT2D eigenvalue weighted by Gasteiger charge is -2.59. The molecule has 0 saturated heterocycles. The Kier molecular flexibility index (Phi) is 5.63. The summed E-state index contributed by atoms with van der Waals surface area (Å²) in [5.74, 6) is -1.17. The molecule has 2 saturated carbocycles. The molecular formula is C24H32O5. The van der Waals surface area contributed by atoms with E-state index < -0.39 is 11.8 Å². The molecule has 0 radical (unpaired) electrons. The van der Waals surface area contributed by atoms with Crippen molar-refractivity contribution in [1.82, 2.24) is 0 Å². The number of hydrogen-bond acceptors (Lipinski definition) is 5. The van der Waals surface area contributed by atoms with Crippen molar-refractivity contribution < 1.29 is 23.9 Å². The van der Waals surface area contributed by atoms with Crippen LogP contribution >= 0.6 is 0 Å². The van der Waals surface area contributed by atoms with Crippen molar-refractivity contribution in [2.75, 3.05) is 7.11 Å². The number of ketones is 2. The van der Waals surface area contributed by atoms with Gasteiger partial charge in [-0.2, -0.15) is 0 Å². The van der Waals surface area contributed by atoms with Gasteiger partial charge in [-0.1, -0.05) is 32.9 Å². The number of esters is 1. The molecule has 2 fully saturated rings. The second-order valence-corrected chi connectivity index (χ2v) is 9.41. The molecule has 0 aromatic heterocycles. The average Bonchev–Trinajstić information content (AvgIpc) is 2.65. The molecule has 4 atom stereocenters. The van der Waals surface area contributed by atoms with Crippen LogP contribution in [0, 0.1) is 22.7 Å². The normalized spacial score (nSPS) is 35.2. The zero-order chi connectivity index (χ0) is 21.6. The van der Waals surface area contributed by atoms with Gasteiger partial charge in [-0.25, -0.2) is 0 Å². The Balaban J connectivity index is 1.95. The Bertz CT molecular complexity index is 832. The summed E-state index contributed by atoms with van der Waals surface area (Å²) in [5.41, 5.74) is 1.71. The van der Waals surface area contributed by atoms with Gasteiger partial charge in [0.25, 0.3) is 0 Å². The van der Waals surface area contributed by atoms with E-state index in [-0.39, 0.29) is 28.1 Å². The topological polar surface area (TPSA) is 69.7 Å². The first-order valence-electron chi connectivity index (χ1n) is 10.5. The van der Waals surface area contributed by atoms with E-state index in [0.717, 1.165) is 32.1 Å². The van der Waals surface area contributed by atoms with Crippen molar-refractivity contribution in [2.24, 2.45) is 22.7 Å². The minimum absolute atomic E-state index is 0.0740. The number of ether oxygens (including phenoxy) is 2. The molecule has 0 heterocycles. The summed E-state index contributed by atoms with van der Waals surface area (Å²) in [5, 5.41) is 0. The van der Waals surface area contributed by atoms with Crippen molar-refractivity contribution in [3.05, 3.63) is 35.3 Å². The minimum atomic E-state index is -0.656. The SMILES string of the molecule is C=C1CCC[C@H]2[C@](C)(CC3=CC(=O)C(OC(C)=O)=C(OC)C3=O)[C@@H](C)CC[C@]12C. The molecule has 0 unspecified atom stereocenters. The molecule has 3 aliphatic carbocycles. The van der Waals surface area contributed by atoms with Crippen LogP contribution in [0.3, 0.4) is 0 Å². The zero-order valence-corrected chi connectivity index (χ0v) is 18.2. The Morgan fingerprint density at radius 1 is 1.24 bits per heavy atom. The van der Waals surface area contributed by atoms with Crippen LogP contribution in [-0.4, -0.2) is 24.6 Å². The van der Waals surface area contributed by atoms with Gasteiger partial charge in [0.15, 0.2) is 0 Å². The summed E-state index contributed by atoms with van der Waals surface area (Å²) in [4.78, 5) is 37.1. The number of Topliss-reactive ketones (excluding diaryl/α,β-unsaturated/α-hetero) is 1. The van der Waals surface area contributed by atoms with Crippen molar-refractivity contribution in [3.63, 3.8) is 0 Å². The standard InChI is InChI=1S/C24H32O5/c1-14-8-7-9-19-23(14,4)11-10-15(2)24(19,5)13-17-12-18(26)21(29-16(3)25)22(28-6)20(17)27/h12,15,19H,1,7-11,13H2,2-6H3/t15-,19+,23+,24+/m0/s1. The molecule has 0 bridgehead atoms. The fraction of sp³-hybridized carbons (Fsp3) is 0.625. The molecule has 0 aliphatic heterocycles. The van der Waals surface area contributed by atoms with Gasteiger partial charge >= 0.3 is 5.97 Å². The summed E-state index contributed by atoms with van der Waals surface area (Å²) in [6.45, 7) is 12.4. The number of allylic oxidation sites excluding steroid dienone is 3. The average molecular weight is 401 g/mol. The largest absolute Gasteiger partial charge is 0.489 e. The summed E-state index contributed by atoms with van der Waals surface area (Å²) in [6.07, 6.45) is 7.34. The van der Waals surface area contributed by atoms with Crippen LogP contribution in [0.5, 0.6) is 0 Å². The third kappa shape index (κ3) is 3.49. The van der Waals surface area contributed by atoms with Gasteiger partial charge in [-0.3, -0.25) is 14.4 Å². The van der Waals surface area contributed by atoms with E-state index in [4.69, 9.17) is 9.47 Å². The second-order valence-electron chi connectivity index (χ2n) is 9.41. The molecule has 5 nitrogen and oxygen atoms in total. The number of carbonyl (C=O) groups excluding carboxylic acids is 3. The molecule has 29 heavy (non-hydrogen) atoms. The first-order chi connectivity index (χ1) is 13.5. The third-order valence-corrected chi connectivity index (χ3v) is 7.82. The molecule has 0 N–H and O–H groups in total. The number of carbonyl (C=O) groups is 3. The van der Waals surface area contributed by atoms with Gasteiger partial charge in [0.05, 0.1) is 7.11 Å². The van der Waals surface area contributed by atoms with E-state index in [9.17, 15) is 14.4 Å². The van der Waals surface area contributed by atoms with E-state index in [0.29, 0.717) is 23.8 Å². The van der Waals surface area contributed by atoms with Crippen molar-refractivity contribution >= 4 is 17.5 Å². The Labute approximate surface area is 173 Å². The monoisotopic (exact) mass is 400 g/mol. The van der Waals surface area contributed by atoms with Crippen LogP contribution in [0.1, 0.15) is 66.2 Å². The molecule has 0 aromatic carbocycles. The predicted octanol–water partition coefficient (Wildman–Crippen LogP) is 4.67. The van der Waals surface area contributed by atoms with Crippen LogP contribution in [0.25, 0.3) is 0 Å². The third-order valence-electron chi connectivity index (χ3n) is 7.82. The Morgan fingerprint density at radius 3 is 2.55 bits per heavy atom. The van der Waals surface area contributed by atoms with E-state index in [2.05, 4.69) is 27.4 Å². The molecular weight excluding hydrogens is 368 g/mol. The smallest absolute Gasteiger partial charge is 0.308 e. The second kappa shape index (κ2) is 7.58. The lowest BCUT2D eigenvalue weighted by molar-refractivity contribution is -0.140. The highest BCUT2D eigenvalue weighted by Gasteiger charge is 2.54. The maximum Gasteiger partial charge on any atom is 0.308 e. The molecule has 3 aliphatic rings. The zero-order valence-electron chi connectivity index (χ0n) is 18.2.